The van der Waals surface area contributed by atoms with Crippen molar-refractivity contribution < 1.29 is 9.18 Å². The Balaban J connectivity index is 2.10. The SMILES string of the molecule is CCn1cc(C(=O)Nc2cc(C)ccn2)c(=O)c2cc(F)ccc21. The minimum atomic E-state index is -0.563. The zero-order chi connectivity index (χ0) is 17.3. The number of pyridine rings is 2. The lowest BCUT2D eigenvalue weighted by Crippen LogP contribution is -2.24. The Morgan fingerprint density at radius 1 is 1.29 bits per heavy atom. The van der Waals surface area contributed by atoms with E-state index in [1.54, 1.807) is 29.0 Å². The number of aryl methyl sites for hydroxylation is 2. The number of fused-ring (bicyclic) bond motifs is 1. The van der Waals surface area contributed by atoms with Crippen molar-refractivity contribution >= 4 is 22.6 Å². The highest BCUT2D eigenvalue weighted by Gasteiger charge is 2.16. The average molecular weight is 325 g/mol. The van der Waals surface area contributed by atoms with Gasteiger partial charge in [0.1, 0.15) is 17.2 Å². The van der Waals surface area contributed by atoms with Gasteiger partial charge in [-0.1, -0.05) is 0 Å². The first-order valence-electron chi connectivity index (χ1n) is 7.56. The molecule has 2 heterocycles. The molecule has 1 N–H and O–H groups in total. The van der Waals surface area contributed by atoms with Crippen LogP contribution in [0.4, 0.5) is 10.2 Å². The monoisotopic (exact) mass is 325 g/mol. The van der Waals surface area contributed by atoms with Crippen molar-refractivity contribution in [3.63, 3.8) is 0 Å². The maximum atomic E-state index is 13.5. The summed E-state index contributed by atoms with van der Waals surface area (Å²) in [5, 5.41) is 2.80. The minimum Gasteiger partial charge on any atom is -0.347 e. The molecule has 1 aromatic carbocycles. The third-order valence-corrected chi connectivity index (χ3v) is 3.78. The van der Waals surface area contributed by atoms with Crippen LogP contribution in [-0.4, -0.2) is 15.5 Å². The molecule has 0 aliphatic carbocycles. The molecule has 0 aliphatic rings. The van der Waals surface area contributed by atoms with Crippen LogP contribution in [-0.2, 0) is 6.54 Å². The predicted molar refractivity (Wildman–Crippen MR) is 90.8 cm³/mol. The van der Waals surface area contributed by atoms with Crippen LogP contribution in [0, 0.1) is 12.7 Å². The fourth-order valence-corrected chi connectivity index (χ4v) is 2.58. The van der Waals surface area contributed by atoms with Crippen molar-refractivity contribution in [3.8, 4) is 0 Å². The largest absolute Gasteiger partial charge is 0.347 e. The van der Waals surface area contributed by atoms with Gasteiger partial charge in [-0.25, -0.2) is 9.37 Å². The van der Waals surface area contributed by atoms with Crippen LogP contribution in [0.25, 0.3) is 10.9 Å². The van der Waals surface area contributed by atoms with Gasteiger partial charge in [-0.2, -0.15) is 0 Å². The van der Waals surface area contributed by atoms with Crippen molar-refractivity contribution in [2.75, 3.05) is 5.32 Å². The van der Waals surface area contributed by atoms with Gasteiger partial charge in [0, 0.05) is 24.3 Å². The quantitative estimate of drug-likeness (QED) is 0.805. The molecule has 3 aromatic rings. The normalized spacial score (nSPS) is 10.8. The Morgan fingerprint density at radius 2 is 2.08 bits per heavy atom. The molecule has 122 valence electrons. The van der Waals surface area contributed by atoms with E-state index in [0.717, 1.165) is 11.6 Å². The summed E-state index contributed by atoms with van der Waals surface area (Å²) < 4.78 is 15.3. The Kier molecular flexibility index (Phi) is 4.12. The van der Waals surface area contributed by atoms with Crippen LogP contribution >= 0.6 is 0 Å². The molecule has 0 aliphatic heterocycles. The lowest BCUT2D eigenvalue weighted by Gasteiger charge is -2.12. The second kappa shape index (κ2) is 6.23. The third kappa shape index (κ3) is 2.90. The fourth-order valence-electron chi connectivity index (χ4n) is 2.58. The van der Waals surface area contributed by atoms with Crippen LogP contribution in [0.5, 0.6) is 0 Å². The number of carbonyl (C=O) groups is 1. The summed E-state index contributed by atoms with van der Waals surface area (Å²) in [6.07, 6.45) is 3.07. The highest BCUT2D eigenvalue weighted by atomic mass is 19.1. The van der Waals surface area contributed by atoms with E-state index in [4.69, 9.17) is 0 Å². The first kappa shape index (κ1) is 15.9. The number of hydrogen-bond acceptors (Lipinski definition) is 3. The van der Waals surface area contributed by atoms with E-state index >= 15 is 0 Å². The molecule has 0 radical (unpaired) electrons. The van der Waals surface area contributed by atoms with Crippen LogP contribution in [0.1, 0.15) is 22.8 Å². The molecule has 0 unspecified atom stereocenters. The van der Waals surface area contributed by atoms with Crippen molar-refractivity contribution in [2.45, 2.75) is 20.4 Å². The molecule has 0 atom stereocenters. The second-order valence-electron chi connectivity index (χ2n) is 5.49. The molecule has 0 saturated carbocycles. The summed E-state index contributed by atoms with van der Waals surface area (Å²) in [5.41, 5.74) is 0.985. The number of amides is 1. The lowest BCUT2D eigenvalue weighted by molar-refractivity contribution is 0.102. The third-order valence-electron chi connectivity index (χ3n) is 3.78. The number of carbonyl (C=O) groups excluding carboxylic acids is 1. The van der Waals surface area contributed by atoms with E-state index in [0.29, 0.717) is 17.9 Å². The zero-order valence-electron chi connectivity index (χ0n) is 13.3. The molecule has 3 rings (SSSR count). The van der Waals surface area contributed by atoms with Crippen molar-refractivity contribution in [3.05, 3.63) is 69.9 Å². The number of nitrogens with zero attached hydrogens (tertiary/aromatic N) is 2. The molecule has 0 fully saturated rings. The van der Waals surface area contributed by atoms with E-state index in [9.17, 15) is 14.0 Å². The van der Waals surface area contributed by atoms with Gasteiger partial charge in [0.25, 0.3) is 5.91 Å². The molecule has 5 nitrogen and oxygen atoms in total. The molecule has 2 aromatic heterocycles. The number of benzene rings is 1. The number of anilines is 1. The van der Waals surface area contributed by atoms with Gasteiger partial charge in [0.05, 0.1) is 5.52 Å². The lowest BCUT2D eigenvalue weighted by atomic mass is 10.1. The molecular formula is C18H16FN3O2. The standard InChI is InChI=1S/C18H16FN3O2/c1-3-22-10-14(17(23)13-9-12(19)4-5-15(13)22)18(24)21-16-8-11(2)6-7-20-16/h4-10H,3H2,1-2H3,(H,20,21,24). The van der Waals surface area contributed by atoms with Crippen LogP contribution in [0.2, 0.25) is 0 Å². The summed E-state index contributed by atoms with van der Waals surface area (Å²) in [6.45, 7) is 4.31. The molecule has 0 spiro atoms. The van der Waals surface area contributed by atoms with Crippen molar-refractivity contribution in [1.82, 2.24) is 9.55 Å². The summed E-state index contributed by atoms with van der Waals surface area (Å²) in [7, 11) is 0. The van der Waals surface area contributed by atoms with E-state index < -0.39 is 17.2 Å². The smallest absolute Gasteiger partial charge is 0.262 e. The Morgan fingerprint density at radius 3 is 2.79 bits per heavy atom. The number of rotatable bonds is 3. The number of aromatic nitrogens is 2. The van der Waals surface area contributed by atoms with E-state index in [2.05, 4.69) is 10.3 Å². The predicted octanol–water partition coefficient (Wildman–Crippen LogP) is 3.12. The van der Waals surface area contributed by atoms with Gasteiger partial charge in [-0.05, 0) is 49.7 Å². The summed E-state index contributed by atoms with van der Waals surface area (Å²) in [5.74, 6) is -0.714. The average Bonchev–Trinajstić information content (AvgIpc) is 2.55. The van der Waals surface area contributed by atoms with Crippen molar-refractivity contribution in [1.29, 1.82) is 0 Å². The van der Waals surface area contributed by atoms with E-state index in [-0.39, 0.29) is 10.9 Å². The Bertz CT molecular complexity index is 995. The molecule has 0 saturated heterocycles. The van der Waals surface area contributed by atoms with Crippen LogP contribution in [0.15, 0.2) is 47.5 Å². The highest BCUT2D eigenvalue weighted by Crippen LogP contribution is 2.15. The van der Waals surface area contributed by atoms with E-state index in [1.165, 1.54) is 12.3 Å². The van der Waals surface area contributed by atoms with Gasteiger partial charge >= 0.3 is 0 Å². The molecule has 0 bridgehead atoms. The Hall–Kier alpha value is -3.02. The summed E-state index contributed by atoms with van der Waals surface area (Å²) >= 11 is 0. The minimum absolute atomic E-state index is 0.0433. The van der Waals surface area contributed by atoms with E-state index in [1.807, 2.05) is 13.8 Å². The van der Waals surface area contributed by atoms with Gasteiger partial charge in [0.2, 0.25) is 5.43 Å². The first-order chi connectivity index (χ1) is 11.5. The van der Waals surface area contributed by atoms with Gasteiger partial charge < -0.3 is 9.88 Å². The molecule has 6 heteroatoms. The fraction of sp³-hybridized carbons (Fsp3) is 0.167. The number of halogens is 1. The molecule has 24 heavy (non-hydrogen) atoms. The molecule has 1 amide bonds. The maximum absolute atomic E-state index is 13.5. The van der Waals surface area contributed by atoms with Crippen LogP contribution < -0.4 is 10.7 Å². The summed E-state index contributed by atoms with van der Waals surface area (Å²) in [4.78, 5) is 29.1. The Labute approximate surface area is 137 Å². The number of hydrogen-bond donors (Lipinski definition) is 1. The first-order valence-corrected chi connectivity index (χ1v) is 7.56. The zero-order valence-corrected chi connectivity index (χ0v) is 13.3. The molecular weight excluding hydrogens is 309 g/mol. The van der Waals surface area contributed by atoms with Gasteiger partial charge in [0.15, 0.2) is 0 Å². The second-order valence-corrected chi connectivity index (χ2v) is 5.49. The number of nitrogens with one attached hydrogen (secondary N) is 1. The summed E-state index contributed by atoms with van der Waals surface area (Å²) in [6, 6.07) is 7.50. The van der Waals surface area contributed by atoms with Crippen molar-refractivity contribution in [2.24, 2.45) is 0 Å². The van der Waals surface area contributed by atoms with Gasteiger partial charge in [-0.3, -0.25) is 9.59 Å². The maximum Gasteiger partial charge on any atom is 0.262 e. The van der Waals surface area contributed by atoms with Gasteiger partial charge in [-0.15, -0.1) is 0 Å². The topological polar surface area (TPSA) is 64.0 Å². The highest BCUT2D eigenvalue weighted by molar-refractivity contribution is 6.05. The van der Waals surface area contributed by atoms with Crippen LogP contribution in [0.3, 0.4) is 0 Å².